The van der Waals surface area contributed by atoms with Gasteiger partial charge in [-0.1, -0.05) is 6.92 Å². The number of rotatable bonds is 2. The predicted octanol–water partition coefficient (Wildman–Crippen LogP) is 2.71. The van der Waals surface area contributed by atoms with Gasteiger partial charge in [-0.05, 0) is 61.6 Å². The smallest absolute Gasteiger partial charge is 0.399 e. The van der Waals surface area contributed by atoms with Gasteiger partial charge in [-0.3, -0.25) is 4.98 Å². The molecule has 1 aromatic rings. The van der Waals surface area contributed by atoms with E-state index in [0.717, 1.165) is 22.1 Å². The summed E-state index contributed by atoms with van der Waals surface area (Å²) in [5, 5.41) is 0. The van der Waals surface area contributed by atoms with Crippen molar-refractivity contribution >= 4 is 28.5 Å². The van der Waals surface area contributed by atoms with Crippen LogP contribution in [0.4, 0.5) is 0 Å². The van der Waals surface area contributed by atoms with E-state index in [1.807, 2.05) is 12.3 Å². The summed E-state index contributed by atoms with van der Waals surface area (Å²) in [7, 11) is -0.335. The van der Waals surface area contributed by atoms with Gasteiger partial charge in [-0.15, -0.1) is 0 Å². The minimum Gasteiger partial charge on any atom is -0.399 e. The Balaban J connectivity index is 2.35. The Morgan fingerprint density at radius 3 is 2.28 bits per heavy atom. The van der Waals surface area contributed by atoms with Crippen molar-refractivity contribution in [2.75, 3.05) is 0 Å². The number of aromatic nitrogens is 1. The quantitative estimate of drug-likeness (QED) is 0.787. The number of nitrogens with zero attached hydrogens (tertiary/aromatic N) is 1. The first-order valence-corrected chi connectivity index (χ1v) is 7.06. The van der Waals surface area contributed by atoms with Crippen LogP contribution in [0.3, 0.4) is 0 Å². The number of pyridine rings is 1. The second-order valence-corrected chi connectivity index (χ2v) is 6.40. The van der Waals surface area contributed by atoms with Gasteiger partial charge in [-0.2, -0.15) is 0 Å². The molecule has 1 saturated heterocycles. The molecule has 0 bridgehead atoms. The molecular weight excluding hydrogens is 293 g/mol. The summed E-state index contributed by atoms with van der Waals surface area (Å²) in [6, 6.07) is 1.95. The molecule has 0 atom stereocenters. The van der Waals surface area contributed by atoms with Gasteiger partial charge in [0, 0.05) is 10.7 Å². The lowest BCUT2D eigenvalue weighted by Crippen LogP contribution is -2.41. The van der Waals surface area contributed by atoms with Crippen LogP contribution in [-0.4, -0.2) is 23.3 Å². The molecule has 1 aliphatic heterocycles. The molecule has 0 saturated carbocycles. The number of aryl methyl sites for hydroxylation is 1. The van der Waals surface area contributed by atoms with Crippen molar-refractivity contribution < 1.29 is 9.31 Å². The second kappa shape index (κ2) is 4.62. The molecule has 0 unspecified atom stereocenters. The minimum atomic E-state index is -0.335. The summed E-state index contributed by atoms with van der Waals surface area (Å²) >= 11 is 3.60. The molecule has 5 heteroatoms. The topological polar surface area (TPSA) is 31.4 Å². The van der Waals surface area contributed by atoms with Crippen LogP contribution in [0.1, 0.15) is 40.3 Å². The molecule has 0 radical (unpaired) electrons. The molecule has 2 rings (SSSR count). The molecule has 0 spiro atoms. The summed E-state index contributed by atoms with van der Waals surface area (Å²) in [5.41, 5.74) is 1.42. The monoisotopic (exact) mass is 311 g/mol. The van der Waals surface area contributed by atoms with Gasteiger partial charge >= 0.3 is 7.12 Å². The van der Waals surface area contributed by atoms with Crippen LogP contribution >= 0.6 is 15.9 Å². The van der Waals surface area contributed by atoms with E-state index < -0.39 is 0 Å². The normalized spacial score (nSPS) is 21.3. The Morgan fingerprint density at radius 2 is 1.78 bits per heavy atom. The average molecular weight is 312 g/mol. The average Bonchev–Trinajstić information content (AvgIpc) is 2.48. The fourth-order valence-corrected chi connectivity index (χ4v) is 2.60. The van der Waals surface area contributed by atoms with Crippen molar-refractivity contribution in [1.29, 1.82) is 0 Å². The maximum absolute atomic E-state index is 6.05. The standard InChI is InChI=1S/C13H19BBrNO2/c1-6-10-11(15)9(7-8-16-10)14-17-12(2,3)13(4,5)18-14/h7-8H,6H2,1-5H3. The molecule has 98 valence electrons. The van der Waals surface area contributed by atoms with Crippen LogP contribution in [0.25, 0.3) is 0 Å². The zero-order valence-electron chi connectivity index (χ0n) is 11.6. The molecule has 3 nitrogen and oxygen atoms in total. The SMILES string of the molecule is CCc1nccc(B2OC(C)(C)C(C)(C)O2)c1Br. The maximum Gasteiger partial charge on any atom is 0.496 e. The van der Waals surface area contributed by atoms with Crippen LogP contribution in [0.15, 0.2) is 16.7 Å². The molecule has 0 aromatic carbocycles. The fraction of sp³-hybridized carbons (Fsp3) is 0.615. The second-order valence-electron chi connectivity index (χ2n) is 5.60. The first kappa shape index (κ1) is 14.0. The van der Waals surface area contributed by atoms with E-state index in [4.69, 9.17) is 9.31 Å². The van der Waals surface area contributed by atoms with Crippen LogP contribution < -0.4 is 5.46 Å². The van der Waals surface area contributed by atoms with Gasteiger partial charge in [0.25, 0.3) is 0 Å². The Labute approximate surface area is 118 Å². The van der Waals surface area contributed by atoms with Crippen molar-refractivity contribution in [3.05, 3.63) is 22.4 Å². The fourth-order valence-electron chi connectivity index (χ4n) is 1.90. The summed E-state index contributed by atoms with van der Waals surface area (Å²) in [6.07, 6.45) is 2.69. The Bertz CT molecular complexity index is 446. The van der Waals surface area contributed by atoms with Gasteiger partial charge in [-0.25, -0.2) is 0 Å². The van der Waals surface area contributed by atoms with Gasteiger partial charge in [0.05, 0.1) is 16.9 Å². The largest absolute Gasteiger partial charge is 0.496 e. The Morgan fingerprint density at radius 1 is 1.22 bits per heavy atom. The van der Waals surface area contributed by atoms with Crippen molar-refractivity contribution in [3.8, 4) is 0 Å². The maximum atomic E-state index is 6.05. The zero-order chi connectivity index (χ0) is 13.6. The van der Waals surface area contributed by atoms with E-state index in [1.54, 1.807) is 0 Å². The van der Waals surface area contributed by atoms with Gasteiger partial charge in [0.2, 0.25) is 0 Å². The van der Waals surface area contributed by atoms with Gasteiger partial charge < -0.3 is 9.31 Å². The lowest BCUT2D eigenvalue weighted by Gasteiger charge is -2.32. The highest BCUT2D eigenvalue weighted by molar-refractivity contribution is 9.10. The van der Waals surface area contributed by atoms with Crippen LogP contribution in [-0.2, 0) is 15.7 Å². The molecule has 18 heavy (non-hydrogen) atoms. The molecule has 0 amide bonds. The van der Waals surface area contributed by atoms with Gasteiger partial charge in [0.15, 0.2) is 0 Å². The third-order valence-electron chi connectivity index (χ3n) is 3.83. The van der Waals surface area contributed by atoms with E-state index in [2.05, 4.69) is 55.5 Å². The summed E-state index contributed by atoms with van der Waals surface area (Å²) in [5.74, 6) is 0. The van der Waals surface area contributed by atoms with Gasteiger partial charge in [0.1, 0.15) is 0 Å². The Kier molecular flexibility index (Phi) is 3.60. The van der Waals surface area contributed by atoms with E-state index >= 15 is 0 Å². The zero-order valence-corrected chi connectivity index (χ0v) is 13.2. The highest BCUT2D eigenvalue weighted by Gasteiger charge is 2.52. The first-order chi connectivity index (χ1) is 8.28. The molecule has 1 aliphatic rings. The Hall–Kier alpha value is -0.385. The highest BCUT2D eigenvalue weighted by atomic mass is 79.9. The number of hydrogen-bond donors (Lipinski definition) is 0. The molecular formula is C13H19BBrNO2. The van der Waals surface area contributed by atoms with Crippen molar-refractivity contribution in [2.45, 2.75) is 52.2 Å². The third kappa shape index (κ3) is 2.24. The van der Waals surface area contributed by atoms with E-state index in [9.17, 15) is 0 Å². The lowest BCUT2D eigenvalue weighted by molar-refractivity contribution is 0.00578. The summed E-state index contributed by atoms with van der Waals surface area (Å²) in [4.78, 5) is 4.34. The van der Waals surface area contributed by atoms with Crippen LogP contribution in [0.2, 0.25) is 0 Å². The van der Waals surface area contributed by atoms with E-state index in [1.165, 1.54) is 0 Å². The predicted molar refractivity (Wildman–Crippen MR) is 77.0 cm³/mol. The van der Waals surface area contributed by atoms with Crippen molar-refractivity contribution in [2.24, 2.45) is 0 Å². The summed E-state index contributed by atoms with van der Waals surface area (Å²) < 4.78 is 13.1. The lowest BCUT2D eigenvalue weighted by atomic mass is 9.79. The minimum absolute atomic E-state index is 0.313. The molecule has 1 aromatic heterocycles. The first-order valence-electron chi connectivity index (χ1n) is 6.27. The van der Waals surface area contributed by atoms with Crippen LogP contribution in [0.5, 0.6) is 0 Å². The van der Waals surface area contributed by atoms with Crippen LogP contribution in [0, 0.1) is 0 Å². The molecule has 0 aliphatic carbocycles. The van der Waals surface area contributed by atoms with Crippen molar-refractivity contribution in [1.82, 2.24) is 4.98 Å². The number of hydrogen-bond acceptors (Lipinski definition) is 3. The number of halogens is 1. The van der Waals surface area contributed by atoms with E-state index in [-0.39, 0.29) is 18.3 Å². The van der Waals surface area contributed by atoms with E-state index in [0.29, 0.717) is 0 Å². The third-order valence-corrected chi connectivity index (χ3v) is 4.75. The van der Waals surface area contributed by atoms with Crippen molar-refractivity contribution in [3.63, 3.8) is 0 Å². The molecule has 2 heterocycles. The summed E-state index contributed by atoms with van der Waals surface area (Å²) in [6.45, 7) is 10.3. The molecule has 0 N–H and O–H groups in total. The highest BCUT2D eigenvalue weighted by Crippen LogP contribution is 2.37. The molecule has 1 fully saturated rings.